The maximum atomic E-state index is 12.7. The zero-order valence-corrected chi connectivity index (χ0v) is 15.0. The molecule has 1 fully saturated rings. The molecule has 28 heavy (non-hydrogen) atoms. The van der Waals surface area contributed by atoms with Crippen molar-refractivity contribution in [2.45, 2.75) is 18.9 Å². The van der Waals surface area contributed by atoms with Crippen LogP contribution in [0.25, 0.3) is 11.1 Å². The van der Waals surface area contributed by atoms with Gasteiger partial charge in [0.2, 0.25) is 0 Å². The molecule has 0 saturated carbocycles. The van der Waals surface area contributed by atoms with Crippen LogP contribution in [0, 0.1) is 0 Å². The zero-order chi connectivity index (χ0) is 19.5. The largest absolute Gasteiger partial charge is 0.476 e. The monoisotopic (exact) mass is 381 g/mol. The fourth-order valence-corrected chi connectivity index (χ4v) is 3.22. The predicted molar refractivity (Wildman–Crippen MR) is 100 cm³/mol. The molecule has 4 rings (SSSR count). The molecule has 1 amide bonds. The van der Waals surface area contributed by atoms with Crippen LogP contribution in [0.4, 0.5) is 5.69 Å². The van der Waals surface area contributed by atoms with E-state index in [1.165, 1.54) is 0 Å². The number of anilines is 1. The summed E-state index contributed by atoms with van der Waals surface area (Å²) in [5.74, 6) is -1.59. The number of carboxylic acid groups (broad SMARTS) is 1. The lowest BCUT2D eigenvalue weighted by atomic mass is 10.1. The molecule has 3 heterocycles. The summed E-state index contributed by atoms with van der Waals surface area (Å²) in [7, 11) is 0. The van der Waals surface area contributed by atoms with Crippen molar-refractivity contribution in [3.05, 3.63) is 54.1 Å². The highest BCUT2D eigenvalue weighted by Gasteiger charge is 2.23. The smallest absolute Gasteiger partial charge is 0.358 e. The number of hydrogen-bond acceptors (Lipinski definition) is 5. The van der Waals surface area contributed by atoms with Gasteiger partial charge in [-0.3, -0.25) is 14.6 Å². The molecule has 3 N–H and O–H groups in total. The molecule has 1 aliphatic rings. The van der Waals surface area contributed by atoms with Crippen LogP contribution in [-0.2, 0) is 4.74 Å². The fourth-order valence-electron chi connectivity index (χ4n) is 3.22. The lowest BCUT2D eigenvalue weighted by molar-refractivity contribution is 0.0645. The van der Waals surface area contributed by atoms with Crippen molar-refractivity contribution in [1.29, 1.82) is 0 Å². The Morgan fingerprint density at radius 3 is 2.79 bits per heavy atom. The van der Waals surface area contributed by atoms with Gasteiger partial charge in [0.25, 0.3) is 5.91 Å². The second-order valence-electron chi connectivity index (χ2n) is 6.54. The molecule has 1 aliphatic heterocycles. The number of aromatic amines is 1. The fraction of sp³-hybridized carbons (Fsp3) is 0.263. The van der Waals surface area contributed by atoms with Crippen LogP contribution in [0.5, 0.6) is 0 Å². The van der Waals surface area contributed by atoms with Crippen LogP contribution in [0.15, 0.2) is 42.9 Å². The van der Waals surface area contributed by atoms with Crippen molar-refractivity contribution < 1.29 is 19.4 Å². The maximum absolute atomic E-state index is 12.7. The Labute approximate surface area is 160 Å². The molecular formula is C19H19N5O4. The Morgan fingerprint density at radius 2 is 2.07 bits per heavy atom. The van der Waals surface area contributed by atoms with Crippen LogP contribution in [0.1, 0.15) is 39.7 Å². The van der Waals surface area contributed by atoms with Gasteiger partial charge < -0.3 is 15.2 Å². The van der Waals surface area contributed by atoms with Crippen LogP contribution >= 0.6 is 0 Å². The summed E-state index contributed by atoms with van der Waals surface area (Å²) in [5.41, 5.74) is 2.10. The van der Waals surface area contributed by atoms with Crippen molar-refractivity contribution in [1.82, 2.24) is 20.0 Å². The molecule has 0 atom stereocenters. The molecular weight excluding hydrogens is 362 g/mol. The number of nitrogens with zero attached hydrogens (tertiary/aromatic N) is 3. The summed E-state index contributed by atoms with van der Waals surface area (Å²) in [6.45, 7) is 1.21. The van der Waals surface area contributed by atoms with Gasteiger partial charge in [-0.25, -0.2) is 4.79 Å². The third-order valence-electron chi connectivity index (χ3n) is 4.70. The Balaban J connectivity index is 1.58. The quantitative estimate of drug-likeness (QED) is 0.624. The first kappa shape index (κ1) is 17.9. The van der Waals surface area contributed by atoms with E-state index in [4.69, 9.17) is 4.74 Å². The third kappa shape index (κ3) is 3.65. The van der Waals surface area contributed by atoms with E-state index in [1.54, 1.807) is 41.5 Å². The normalized spacial score (nSPS) is 14.7. The molecule has 2 aromatic heterocycles. The van der Waals surface area contributed by atoms with Gasteiger partial charge in [-0.1, -0.05) is 12.1 Å². The lowest BCUT2D eigenvalue weighted by Crippen LogP contribution is -2.20. The Kier molecular flexibility index (Phi) is 4.90. The molecule has 144 valence electrons. The Bertz CT molecular complexity index is 990. The molecule has 0 radical (unpaired) electrons. The predicted octanol–water partition coefficient (Wildman–Crippen LogP) is 2.58. The van der Waals surface area contributed by atoms with Crippen molar-refractivity contribution in [2.24, 2.45) is 0 Å². The molecule has 0 spiro atoms. The molecule has 3 aromatic rings. The number of hydrogen-bond donors (Lipinski definition) is 3. The van der Waals surface area contributed by atoms with Crippen molar-refractivity contribution >= 4 is 17.6 Å². The second kappa shape index (κ2) is 7.65. The second-order valence-corrected chi connectivity index (χ2v) is 6.54. The number of carbonyl (C=O) groups excluding carboxylic acids is 1. The molecule has 0 aliphatic carbocycles. The van der Waals surface area contributed by atoms with Gasteiger partial charge in [0.15, 0.2) is 5.69 Å². The van der Waals surface area contributed by atoms with E-state index in [0.717, 1.165) is 24.0 Å². The third-order valence-corrected chi connectivity index (χ3v) is 4.70. The number of carbonyl (C=O) groups is 2. The highest BCUT2D eigenvalue weighted by molar-refractivity contribution is 6.07. The van der Waals surface area contributed by atoms with E-state index >= 15 is 0 Å². The van der Waals surface area contributed by atoms with Crippen molar-refractivity contribution in [3.63, 3.8) is 0 Å². The highest BCUT2D eigenvalue weighted by atomic mass is 16.5. The molecule has 1 saturated heterocycles. The number of ether oxygens (including phenoxy) is 1. The first-order valence-electron chi connectivity index (χ1n) is 8.92. The number of amides is 1. The van der Waals surface area contributed by atoms with Crippen LogP contribution in [0.2, 0.25) is 0 Å². The average molecular weight is 381 g/mol. The first-order valence-corrected chi connectivity index (χ1v) is 8.92. The molecule has 9 nitrogen and oxygen atoms in total. The van der Waals surface area contributed by atoms with Crippen molar-refractivity contribution in [2.75, 3.05) is 18.5 Å². The number of aromatic nitrogens is 4. The van der Waals surface area contributed by atoms with Gasteiger partial charge >= 0.3 is 5.97 Å². The van der Waals surface area contributed by atoms with Gasteiger partial charge in [-0.15, -0.1) is 0 Å². The van der Waals surface area contributed by atoms with E-state index in [1.807, 2.05) is 6.07 Å². The number of rotatable bonds is 5. The van der Waals surface area contributed by atoms with Gasteiger partial charge in [0.05, 0.1) is 17.9 Å². The number of carboxylic acids is 1. The SMILES string of the molecule is O=C(Nc1cn(C2CCOCC2)nc1C(=O)O)c1cccc(-c2cn[nH]c2)c1. The number of aromatic carboxylic acids is 1. The summed E-state index contributed by atoms with van der Waals surface area (Å²) in [4.78, 5) is 24.3. The summed E-state index contributed by atoms with van der Waals surface area (Å²) >= 11 is 0. The number of benzene rings is 1. The summed E-state index contributed by atoms with van der Waals surface area (Å²) in [6.07, 6.45) is 6.48. The zero-order valence-electron chi connectivity index (χ0n) is 15.0. The summed E-state index contributed by atoms with van der Waals surface area (Å²) < 4.78 is 6.95. The van der Waals surface area contributed by atoms with Crippen LogP contribution in [0.3, 0.4) is 0 Å². The average Bonchev–Trinajstić information content (AvgIpc) is 3.39. The molecule has 1 aromatic carbocycles. The summed E-state index contributed by atoms with van der Waals surface area (Å²) in [5, 5.41) is 23.0. The van der Waals surface area contributed by atoms with E-state index < -0.39 is 11.9 Å². The number of nitrogens with one attached hydrogen (secondary N) is 2. The van der Waals surface area contributed by atoms with E-state index in [-0.39, 0.29) is 17.4 Å². The highest BCUT2D eigenvalue weighted by Crippen LogP contribution is 2.25. The molecule has 0 bridgehead atoms. The minimum absolute atomic E-state index is 0.0573. The minimum atomic E-state index is -1.19. The van der Waals surface area contributed by atoms with Gasteiger partial charge in [-0.2, -0.15) is 10.2 Å². The van der Waals surface area contributed by atoms with E-state index in [9.17, 15) is 14.7 Å². The molecule has 9 heteroatoms. The topological polar surface area (TPSA) is 122 Å². The maximum Gasteiger partial charge on any atom is 0.358 e. The first-order chi connectivity index (χ1) is 13.6. The van der Waals surface area contributed by atoms with Crippen LogP contribution in [-0.4, -0.2) is 50.2 Å². The lowest BCUT2D eigenvalue weighted by Gasteiger charge is -2.22. The number of H-pyrrole nitrogens is 1. The van der Waals surface area contributed by atoms with Crippen molar-refractivity contribution in [3.8, 4) is 11.1 Å². The Morgan fingerprint density at radius 1 is 1.25 bits per heavy atom. The van der Waals surface area contributed by atoms with Gasteiger partial charge in [0.1, 0.15) is 0 Å². The van der Waals surface area contributed by atoms with E-state index in [2.05, 4.69) is 20.6 Å². The standard InChI is InChI=1S/C19H19N5O4/c25-18(13-3-1-2-12(8-13)14-9-20-21-10-14)22-16-11-24(23-17(16)19(26)27)15-4-6-28-7-5-15/h1-3,8-11,15H,4-7H2,(H,20,21)(H,22,25)(H,26,27). The Hall–Kier alpha value is -3.46. The van der Waals surface area contributed by atoms with Crippen LogP contribution < -0.4 is 5.32 Å². The minimum Gasteiger partial charge on any atom is -0.476 e. The van der Waals surface area contributed by atoms with Gasteiger partial charge in [-0.05, 0) is 30.5 Å². The summed E-state index contributed by atoms with van der Waals surface area (Å²) in [6, 6.07) is 7.09. The van der Waals surface area contributed by atoms with Gasteiger partial charge in [0, 0.05) is 36.7 Å². The van der Waals surface area contributed by atoms with E-state index in [0.29, 0.717) is 18.8 Å². The molecule has 0 unspecified atom stereocenters.